The van der Waals surface area contributed by atoms with Crippen LogP contribution in [0.15, 0.2) is 49.0 Å². The van der Waals surface area contributed by atoms with Crippen molar-refractivity contribution in [2.45, 2.75) is 39.7 Å². The van der Waals surface area contributed by atoms with Gasteiger partial charge in [0.2, 0.25) is 0 Å². The van der Waals surface area contributed by atoms with Gasteiger partial charge in [0.05, 0.1) is 0 Å². The summed E-state index contributed by atoms with van der Waals surface area (Å²) in [4.78, 5) is 2.34. The van der Waals surface area contributed by atoms with E-state index >= 15 is 0 Å². The molecule has 128 valence electrons. The maximum atomic E-state index is 4.38. The highest BCUT2D eigenvalue weighted by molar-refractivity contribution is 5.90. The highest BCUT2D eigenvalue weighted by atomic mass is 15.2. The molecule has 0 atom stereocenters. The molecule has 2 heterocycles. The van der Waals surface area contributed by atoms with E-state index in [4.69, 9.17) is 0 Å². The zero-order chi connectivity index (χ0) is 17.6. The van der Waals surface area contributed by atoms with Crippen molar-refractivity contribution in [1.29, 1.82) is 0 Å². The minimum atomic E-state index is 0.915. The van der Waals surface area contributed by atoms with E-state index in [1.807, 2.05) is 0 Å². The van der Waals surface area contributed by atoms with E-state index in [2.05, 4.69) is 79.4 Å². The summed E-state index contributed by atoms with van der Waals surface area (Å²) in [6.45, 7) is 9.73. The van der Waals surface area contributed by atoms with Crippen LogP contribution in [0.2, 0.25) is 0 Å². The molecular formula is C23H26N2. The maximum Gasteiger partial charge on any atom is 0.0488 e. The Bertz CT molecular complexity index is 962. The Morgan fingerprint density at radius 1 is 1.04 bits per heavy atom. The van der Waals surface area contributed by atoms with Gasteiger partial charge in [0.25, 0.3) is 0 Å². The van der Waals surface area contributed by atoms with Crippen LogP contribution in [0.1, 0.15) is 42.7 Å². The molecule has 2 heteroatoms. The Hall–Kier alpha value is -2.48. The van der Waals surface area contributed by atoms with Gasteiger partial charge in [-0.3, -0.25) is 0 Å². The smallest absolute Gasteiger partial charge is 0.0488 e. The SMILES string of the molecule is C=C1c2cc(CC)ccc2CN1c1ccc2c(c1)cc(CCC)n2C. The molecule has 0 radical (unpaired) electrons. The number of nitrogens with zero attached hydrogens (tertiary/aromatic N) is 2. The summed E-state index contributed by atoms with van der Waals surface area (Å²) >= 11 is 0. The molecule has 1 aliphatic rings. The van der Waals surface area contributed by atoms with Gasteiger partial charge in [-0.1, -0.05) is 39.0 Å². The third-order valence-corrected chi connectivity index (χ3v) is 5.49. The van der Waals surface area contributed by atoms with Gasteiger partial charge in [0.15, 0.2) is 0 Å². The predicted octanol–water partition coefficient (Wildman–Crippen LogP) is 5.68. The third-order valence-electron chi connectivity index (χ3n) is 5.49. The fourth-order valence-corrected chi connectivity index (χ4v) is 3.97. The van der Waals surface area contributed by atoms with Crippen LogP contribution in [0.25, 0.3) is 16.6 Å². The molecule has 2 aromatic carbocycles. The zero-order valence-electron chi connectivity index (χ0n) is 15.5. The number of benzene rings is 2. The number of hydrogen-bond donors (Lipinski definition) is 0. The van der Waals surface area contributed by atoms with Gasteiger partial charge in [-0.25, -0.2) is 0 Å². The molecule has 0 saturated carbocycles. The minimum absolute atomic E-state index is 0.915. The van der Waals surface area contributed by atoms with E-state index in [0.717, 1.165) is 25.1 Å². The normalized spacial score (nSPS) is 13.7. The summed E-state index contributed by atoms with van der Waals surface area (Å²) in [5.74, 6) is 0. The van der Waals surface area contributed by atoms with Gasteiger partial charge in [0.1, 0.15) is 0 Å². The topological polar surface area (TPSA) is 8.17 Å². The lowest BCUT2D eigenvalue weighted by molar-refractivity contribution is 0.805. The van der Waals surface area contributed by atoms with Crippen molar-refractivity contribution in [2.24, 2.45) is 7.05 Å². The lowest BCUT2D eigenvalue weighted by Gasteiger charge is -2.19. The highest BCUT2D eigenvalue weighted by Crippen LogP contribution is 2.37. The Kier molecular flexibility index (Phi) is 3.91. The Morgan fingerprint density at radius 2 is 1.88 bits per heavy atom. The number of hydrogen-bond acceptors (Lipinski definition) is 1. The Balaban J connectivity index is 1.72. The van der Waals surface area contributed by atoms with Crippen LogP contribution in [0.4, 0.5) is 5.69 Å². The van der Waals surface area contributed by atoms with Crippen molar-refractivity contribution in [1.82, 2.24) is 4.57 Å². The molecular weight excluding hydrogens is 304 g/mol. The number of anilines is 1. The first kappa shape index (κ1) is 16.0. The van der Waals surface area contributed by atoms with Crippen molar-refractivity contribution in [3.63, 3.8) is 0 Å². The van der Waals surface area contributed by atoms with Crippen LogP contribution >= 0.6 is 0 Å². The van der Waals surface area contributed by atoms with Gasteiger partial charge in [-0.2, -0.15) is 0 Å². The second-order valence-corrected chi connectivity index (χ2v) is 7.07. The van der Waals surface area contributed by atoms with Gasteiger partial charge in [-0.15, -0.1) is 0 Å². The Labute approximate surface area is 150 Å². The monoisotopic (exact) mass is 330 g/mol. The standard InChI is InChI=1S/C23H26N2/c1-5-7-20-13-19-14-21(10-11-23(19)24(20)4)25-15-18-9-8-17(6-2)12-22(18)16(25)3/h8-14H,3,5-7,15H2,1-2,4H3. The van der Waals surface area contributed by atoms with E-state index in [9.17, 15) is 0 Å². The van der Waals surface area contributed by atoms with Crippen molar-refractivity contribution in [3.05, 3.63) is 71.4 Å². The minimum Gasteiger partial charge on any atom is -0.348 e. The zero-order valence-corrected chi connectivity index (χ0v) is 15.5. The lowest BCUT2D eigenvalue weighted by atomic mass is 10.0. The molecule has 3 aromatic rings. The first-order chi connectivity index (χ1) is 12.1. The van der Waals surface area contributed by atoms with Gasteiger partial charge in [-0.05, 0) is 54.3 Å². The second kappa shape index (κ2) is 6.11. The molecule has 2 nitrogen and oxygen atoms in total. The van der Waals surface area contributed by atoms with E-state index < -0.39 is 0 Å². The second-order valence-electron chi connectivity index (χ2n) is 7.07. The van der Waals surface area contributed by atoms with Crippen molar-refractivity contribution in [3.8, 4) is 0 Å². The average Bonchev–Trinajstić information content (AvgIpc) is 3.12. The van der Waals surface area contributed by atoms with Gasteiger partial charge in [0, 0.05) is 47.1 Å². The van der Waals surface area contributed by atoms with Crippen molar-refractivity contribution < 1.29 is 0 Å². The van der Waals surface area contributed by atoms with E-state index in [0.29, 0.717) is 0 Å². The quantitative estimate of drug-likeness (QED) is 0.597. The summed E-state index contributed by atoms with van der Waals surface area (Å²) in [5, 5.41) is 1.32. The highest BCUT2D eigenvalue weighted by Gasteiger charge is 2.24. The summed E-state index contributed by atoms with van der Waals surface area (Å²) in [6, 6.07) is 15.9. The van der Waals surface area contributed by atoms with Crippen molar-refractivity contribution in [2.75, 3.05) is 4.90 Å². The largest absolute Gasteiger partial charge is 0.348 e. The molecule has 1 aromatic heterocycles. The average molecular weight is 330 g/mol. The maximum absolute atomic E-state index is 4.38. The van der Waals surface area contributed by atoms with Crippen LogP contribution in [0, 0.1) is 0 Å². The molecule has 0 spiro atoms. The molecule has 0 N–H and O–H groups in total. The van der Waals surface area contributed by atoms with Gasteiger partial charge >= 0.3 is 0 Å². The summed E-state index contributed by atoms with van der Waals surface area (Å²) < 4.78 is 2.32. The first-order valence-electron chi connectivity index (χ1n) is 9.29. The molecule has 0 aliphatic carbocycles. The molecule has 0 saturated heterocycles. The van der Waals surface area contributed by atoms with Crippen LogP contribution < -0.4 is 4.90 Å². The predicted molar refractivity (Wildman–Crippen MR) is 108 cm³/mol. The number of rotatable bonds is 4. The molecule has 0 amide bonds. The number of aryl methyl sites for hydroxylation is 3. The molecule has 25 heavy (non-hydrogen) atoms. The van der Waals surface area contributed by atoms with Crippen molar-refractivity contribution >= 4 is 22.3 Å². The Morgan fingerprint density at radius 3 is 2.64 bits per heavy atom. The summed E-state index contributed by atoms with van der Waals surface area (Å²) in [7, 11) is 2.17. The van der Waals surface area contributed by atoms with E-state index in [1.54, 1.807) is 0 Å². The van der Waals surface area contributed by atoms with E-state index in [1.165, 1.54) is 45.4 Å². The molecule has 0 unspecified atom stereocenters. The van der Waals surface area contributed by atoms with Crippen LogP contribution in [0.3, 0.4) is 0 Å². The van der Waals surface area contributed by atoms with Gasteiger partial charge < -0.3 is 9.47 Å². The molecule has 1 aliphatic heterocycles. The molecule has 4 rings (SSSR count). The van der Waals surface area contributed by atoms with E-state index in [-0.39, 0.29) is 0 Å². The molecule has 0 fully saturated rings. The van der Waals surface area contributed by atoms with Crippen LogP contribution in [-0.4, -0.2) is 4.57 Å². The fourth-order valence-electron chi connectivity index (χ4n) is 3.97. The summed E-state index contributed by atoms with van der Waals surface area (Å²) in [6.07, 6.45) is 3.37. The first-order valence-corrected chi connectivity index (χ1v) is 9.29. The number of aromatic nitrogens is 1. The fraction of sp³-hybridized carbons (Fsp3) is 0.304. The van der Waals surface area contributed by atoms with Crippen LogP contribution in [-0.2, 0) is 26.4 Å². The van der Waals surface area contributed by atoms with Crippen LogP contribution in [0.5, 0.6) is 0 Å². The third kappa shape index (κ3) is 2.57. The lowest BCUT2D eigenvalue weighted by Crippen LogP contribution is -2.12. The summed E-state index contributed by atoms with van der Waals surface area (Å²) in [5.41, 5.74) is 9.13. The number of fused-ring (bicyclic) bond motifs is 2. The molecule has 0 bridgehead atoms.